The lowest BCUT2D eigenvalue weighted by Gasteiger charge is -2.22. The number of rotatable bonds is 5. The summed E-state index contributed by atoms with van der Waals surface area (Å²) in [5.74, 6) is -0.261. The minimum Gasteiger partial charge on any atom is -0.315 e. The smallest absolute Gasteiger partial charge is 0.277 e. The first-order valence-electron chi connectivity index (χ1n) is 9.51. The number of amides is 1. The van der Waals surface area contributed by atoms with Crippen LogP contribution in [0.1, 0.15) is 53.8 Å². The first-order valence-corrected chi connectivity index (χ1v) is 10.3. The van der Waals surface area contributed by atoms with Crippen LogP contribution in [0.25, 0.3) is 0 Å². The largest absolute Gasteiger partial charge is 0.315 e. The van der Waals surface area contributed by atoms with Gasteiger partial charge in [-0.3, -0.25) is 14.8 Å². The third kappa shape index (κ3) is 4.66. The van der Waals surface area contributed by atoms with Gasteiger partial charge >= 0.3 is 0 Å². The van der Waals surface area contributed by atoms with Gasteiger partial charge in [0.2, 0.25) is 5.13 Å². The zero-order valence-electron chi connectivity index (χ0n) is 16.5. The molecule has 0 bridgehead atoms. The summed E-state index contributed by atoms with van der Waals surface area (Å²) >= 11 is 1.39. The van der Waals surface area contributed by atoms with Crippen molar-refractivity contribution in [3.63, 3.8) is 0 Å². The summed E-state index contributed by atoms with van der Waals surface area (Å²) in [4.78, 5) is 12.6. The van der Waals surface area contributed by atoms with Crippen molar-refractivity contribution < 1.29 is 4.79 Å². The first-order chi connectivity index (χ1) is 13.5. The summed E-state index contributed by atoms with van der Waals surface area (Å²) in [6.07, 6.45) is 4.07. The number of nitrogens with zero attached hydrogens (tertiary/aromatic N) is 4. The van der Waals surface area contributed by atoms with Crippen LogP contribution in [-0.2, 0) is 5.41 Å². The van der Waals surface area contributed by atoms with Gasteiger partial charge in [0.15, 0.2) is 5.69 Å². The Kier molecular flexibility index (Phi) is 6.66. The van der Waals surface area contributed by atoms with Gasteiger partial charge in [-0.1, -0.05) is 41.7 Å². The van der Waals surface area contributed by atoms with Gasteiger partial charge < -0.3 is 5.32 Å². The third-order valence-corrected chi connectivity index (χ3v) is 6.32. The molecule has 154 valence electrons. The number of carbonyl (C=O) groups excluding carboxylic acids is 1. The molecule has 1 aromatic carbocycles. The molecule has 0 aliphatic carbocycles. The zero-order valence-corrected chi connectivity index (χ0v) is 18.1. The number of benzene rings is 1. The number of hydrogen-bond donors (Lipinski definition) is 2. The highest BCUT2D eigenvalue weighted by atomic mass is 35.5. The van der Waals surface area contributed by atoms with E-state index in [-0.39, 0.29) is 23.7 Å². The van der Waals surface area contributed by atoms with Gasteiger partial charge in [0.1, 0.15) is 5.01 Å². The summed E-state index contributed by atoms with van der Waals surface area (Å²) in [6.45, 7) is 6.14. The minimum atomic E-state index is -0.280. The number of carbonyl (C=O) groups is 1. The number of anilines is 1. The summed E-state index contributed by atoms with van der Waals surface area (Å²) in [6, 6.07) is 12.2. The van der Waals surface area contributed by atoms with E-state index in [9.17, 15) is 4.79 Å². The third-order valence-electron chi connectivity index (χ3n) is 5.16. The number of halogens is 1. The minimum absolute atomic E-state index is 0. The molecule has 2 N–H and O–H groups in total. The molecule has 1 unspecified atom stereocenters. The molecule has 3 heterocycles. The van der Waals surface area contributed by atoms with E-state index >= 15 is 0 Å². The molecule has 1 fully saturated rings. The molecule has 9 heteroatoms. The van der Waals surface area contributed by atoms with Crippen molar-refractivity contribution in [3.05, 3.63) is 58.9 Å². The SMILES string of the molecule is CC(C)(c1ccccc1)c1nnc(NC(=O)c2ccn(C3CCCNC3)n2)s1.Cl. The highest BCUT2D eigenvalue weighted by Crippen LogP contribution is 2.34. The maximum Gasteiger partial charge on any atom is 0.277 e. The van der Waals surface area contributed by atoms with Gasteiger partial charge in [0.25, 0.3) is 5.91 Å². The molecule has 4 rings (SSSR count). The molecular weight excluding hydrogens is 408 g/mol. The van der Waals surface area contributed by atoms with Gasteiger partial charge in [-0.25, -0.2) is 0 Å². The molecule has 1 saturated heterocycles. The molecule has 2 aromatic heterocycles. The van der Waals surface area contributed by atoms with Crippen LogP contribution in [0, 0.1) is 0 Å². The van der Waals surface area contributed by atoms with Crippen LogP contribution in [0.5, 0.6) is 0 Å². The maximum absolute atomic E-state index is 12.6. The molecule has 3 aromatic rings. The Balaban J connectivity index is 0.00000240. The van der Waals surface area contributed by atoms with Crippen LogP contribution in [0.15, 0.2) is 42.6 Å². The quantitative estimate of drug-likeness (QED) is 0.642. The van der Waals surface area contributed by atoms with Gasteiger partial charge in [-0.15, -0.1) is 22.6 Å². The molecule has 1 atom stereocenters. The normalized spacial score (nSPS) is 16.8. The molecule has 0 saturated carbocycles. The van der Waals surface area contributed by atoms with Crippen LogP contribution >= 0.6 is 23.7 Å². The Morgan fingerprint density at radius 3 is 2.76 bits per heavy atom. The van der Waals surface area contributed by atoms with Crippen LogP contribution in [-0.4, -0.2) is 39.0 Å². The summed E-state index contributed by atoms with van der Waals surface area (Å²) in [7, 11) is 0. The fraction of sp³-hybridized carbons (Fsp3) is 0.400. The van der Waals surface area contributed by atoms with E-state index < -0.39 is 0 Å². The van der Waals surface area contributed by atoms with Crippen molar-refractivity contribution in [1.82, 2.24) is 25.3 Å². The monoisotopic (exact) mass is 432 g/mol. The Morgan fingerprint density at radius 2 is 2.03 bits per heavy atom. The zero-order chi connectivity index (χ0) is 19.6. The van der Waals surface area contributed by atoms with Gasteiger partial charge in [-0.2, -0.15) is 5.10 Å². The van der Waals surface area contributed by atoms with Gasteiger partial charge in [-0.05, 0) is 44.9 Å². The lowest BCUT2D eigenvalue weighted by Crippen LogP contribution is -2.32. The van der Waals surface area contributed by atoms with Crippen LogP contribution in [0.3, 0.4) is 0 Å². The molecule has 7 nitrogen and oxygen atoms in total. The lowest BCUT2D eigenvalue weighted by molar-refractivity contribution is 0.102. The van der Waals surface area contributed by atoms with E-state index in [2.05, 4.69) is 51.9 Å². The number of hydrogen-bond acceptors (Lipinski definition) is 6. The molecule has 1 amide bonds. The Morgan fingerprint density at radius 1 is 1.24 bits per heavy atom. The second kappa shape index (κ2) is 9.02. The highest BCUT2D eigenvalue weighted by molar-refractivity contribution is 7.15. The number of aromatic nitrogens is 4. The van der Waals surface area contributed by atoms with Crippen molar-refractivity contribution in [3.8, 4) is 0 Å². The lowest BCUT2D eigenvalue weighted by atomic mass is 9.85. The van der Waals surface area contributed by atoms with Gasteiger partial charge in [0, 0.05) is 18.2 Å². The fourth-order valence-electron chi connectivity index (χ4n) is 3.39. The Hall–Kier alpha value is -2.29. The Labute approximate surface area is 180 Å². The summed E-state index contributed by atoms with van der Waals surface area (Å²) < 4.78 is 1.88. The summed E-state index contributed by atoms with van der Waals surface area (Å²) in [5, 5.41) is 20.5. The van der Waals surface area contributed by atoms with Crippen LogP contribution in [0.2, 0.25) is 0 Å². The van der Waals surface area contributed by atoms with Crippen molar-refractivity contribution in [1.29, 1.82) is 0 Å². The number of nitrogens with one attached hydrogen (secondary N) is 2. The predicted molar refractivity (Wildman–Crippen MR) is 117 cm³/mol. The average Bonchev–Trinajstić information content (AvgIpc) is 3.39. The Bertz CT molecular complexity index is 949. The molecular formula is C20H25ClN6OS. The van der Waals surface area contributed by atoms with Crippen LogP contribution < -0.4 is 10.6 Å². The molecule has 1 aliphatic rings. The average molecular weight is 433 g/mol. The van der Waals surface area contributed by atoms with Crippen molar-refractivity contribution >= 4 is 34.8 Å². The molecule has 0 spiro atoms. The molecule has 29 heavy (non-hydrogen) atoms. The van der Waals surface area contributed by atoms with E-state index in [4.69, 9.17) is 0 Å². The maximum atomic E-state index is 12.6. The number of piperidine rings is 1. The predicted octanol–water partition coefficient (Wildman–Crippen LogP) is 3.66. The fourth-order valence-corrected chi connectivity index (χ4v) is 4.25. The topological polar surface area (TPSA) is 84.7 Å². The van der Waals surface area contributed by atoms with E-state index in [0.717, 1.165) is 36.5 Å². The first kappa shape index (κ1) is 21.4. The van der Waals surface area contributed by atoms with E-state index in [1.807, 2.05) is 29.1 Å². The van der Waals surface area contributed by atoms with E-state index in [1.165, 1.54) is 11.3 Å². The van der Waals surface area contributed by atoms with E-state index in [0.29, 0.717) is 16.9 Å². The van der Waals surface area contributed by atoms with Crippen molar-refractivity contribution in [2.24, 2.45) is 0 Å². The van der Waals surface area contributed by atoms with Crippen molar-refractivity contribution in [2.75, 3.05) is 18.4 Å². The highest BCUT2D eigenvalue weighted by Gasteiger charge is 2.28. The molecule has 0 radical (unpaired) electrons. The van der Waals surface area contributed by atoms with E-state index in [1.54, 1.807) is 6.07 Å². The molecule has 1 aliphatic heterocycles. The second-order valence-corrected chi connectivity index (χ2v) is 8.52. The van der Waals surface area contributed by atoms with Crippen molar-refractivity contribution in [2.45, 2.75) is 38.1 Å². The summed E-state index contributed by atoms with van der Waals surface area (Å²) in [5.41, 5.74) is 1.27. The van der Waals surface area contributed by atoms with Crippen LogP contribution in [0.4, 0.5) is 5.13 Å². The van der Waals surface area contributed by atoms with Gasteiger partial charge in [0.05, 0.1) is 6.04 Å². The second-order valence-electron chi connectivity index (χ2n) is 7.54. The standard InChI is InChI=1S/C20H24N6OS.ClH/c1-20(2,14-7-4-3-5-8-14)18-23-24-19(28-18)22-17(27)16-10-12-26(25-16)15-9-6-11-21-13-15;/h3-5,7-8,10,12,15,21H,6,9,11,13H2,1-2H3,(H,22,24,27);1H.